The van der Waals surface area contributed by atoms with Gasteiger partial charge in [0, 0.05) is 88.3 Å². The van der Waals surface area contributed by atoms with E-state index in [9.17, 15) is 48.4 Å². The van der Waals surface area contributed by atoms with Crippen molar-refractivity contribution in [2.75, 3.05) is 71.0 Å². The standard InChI is InChI=1S/C41H55NO9S2.C38H50N2O9S2/c1-10-29(17-15-23-52(45,46)49-8)31-24-28(2)39-30(26-37(40(3,4)5)51-35(39)25-31)16-14-18-36-41(6,7)33-27-32(53(47,48)50-9)20-21-34(33)42(36)22-13-11-12-19-38(43)44;1-9-39(10-2)28-17-19-30-27(24-35(37(3,4)5)49-33(30)25-28)14-11-15-34-38(6,21-12-16-36(41)42)31-26-29(51(45,46)48-8)18-20-32(31)40(34)22-13-23-50(43,44)47-7/h14,16,18,20-21,24-27,29H,10-13,15,17,19,22-23H2,1-9H3;11,14-15,17-20,24-26H,9-10,12-13,16,21-23H2,1-8H3/p+2/b18-14+,30-16+;. The smallest absolute Gasteiger partial charge is 0.303 e. The molecule has 25 heteroatoms. The van der Waals surface area contributed by atoms with Crippen molar-refractivity contribution in [1.29, 1.82) is 0 Å². The average molecular weight is 1510 g/mol. The number of carboxylic acid groups (broad SMARTS) is 2. The molecule has 0 saturated heterocycles. The second-order valence-electron chi connectivity index (χ2n) is 29.3. The maximum Gasteiger partial charge on any atom is 0.303 e. The molecule has 0 amide bonds. The minimum absolute atomic E-state index is 0.0208. The highest BCUT2D eigenvalue weighted by Gasteiger charge is 2.46. The first-order valence-corrected chi connectivity index (χ1v) is 41.4. The van der Waals surface area contributed by atoms with Crippen LogP contribution in [0.1, 0.15) is 199 Å². The molecular formula is C79H107N3O18S4+2. The van der Waals surface area contributed by atoms with Gasteiger partial charge in [0.2, 0.25) is 11.0 Å². The van der Waals surface area contributed by atoms with E-state index in [2.05, 4.69) is 149 Å². The Morgan fingerprint density at radius 2 is 1.28 bits per heavy atom. The molecule has 4 aliphatic heterocycles. The third-order valence-corrected chi connectivity index (χ3v) is 24.8. The third-order valence-electron chi connectivity index (χ3n) is 19.7. The molecule has 1 aliphatic carbocycles. The summed E-state index contributed by atoms with van der Waals surface area (Å²) in [6.07, 6.45) is 19.3. The molecular weight excluding hydrogens is 1410 g/mol. The van der Waals surface area contributed by atoms with Crippen LogP contribution in [0.5, 0.6) is 5.75 Å². The van der Waals surface area contributed by atoms with Gasteiger partial charge in [-0.25, -0.2) is 4.58 Å². The molecule has 3 aromatic rings. The first-order chi connectivity index (χ1) is 48.7. The summed E-state index contributed by atoms with van der Waals surface area (Å²) in [7, 11) is -10.6. The largest absolute Gasteiger partial charge is 0.481 e. The number of hydrogen-bond acceptors (Lipinski definition) is 17. The zero-order valence-electron chi connectivity index (χ0n) is 63.5. The van der Waals surface area contributed by atoms with Gasteiger partial charge < -0.3 is 24.3 Å². The average Bonchev–Trinajstić information content (AvgIpc) is 1.59. The Hall–Kier alpha value is -7.36. The molecule has 2 atom stereocenters. The molecule has 0 fully saturated rings. The summed E-state index contributed by atoms with van der Waals surface area (Å²) < 4.78 is 136. The Kier molecular flexibility index (Phi) is 27.8. The van der Waals surface area contributed by atoms with Gasteiger partial charge in [-0.1, -0.05) is 78.8 Å². The molecule has 0 radical (unpaired) electrons. The quantitative estimate of drug-likeness (QED) is 0.0230. The summed E-state index contributed by atoms with van der Waals surface area (Å²) in [6.45, 7) is 29.8. The fourth-order valence-electron chi connectivity index (χ4n) is 13.7. The van der Waals surface area contributed by atoms with Gasteiger partial charge >= 0.3 is 11.9 Å². The number of unbranched alkanes of at least 4 members (excludes halogenated alkanes) is 2. The number of carbonyl (C=O) groups is 2. The summed E-state index contributed by atoms with van der Waals surface area (Å²) in [5, 5.41) is 19.7. The second kappa shape index (κ2) is 34.5. The summed E-state index contributed by atoms with van der Waals surface area (Å²) >= 11 is 0. The summed E-state index contributed by atoms with van der Waals surface area (Å²) in [4.78, 5) is 24.7. The Bertz CT molecular complexity index is 4710. The SMILES string of the molecule is CCC(CCCS(=O)(=O)OC)c1cc(C)c2c(c1)OC(C(C)(C)C)=C/C2=C\C=C\C1=[N+](CCCCCC(=O)O)c2ccc(S(=O)(=O)OC)cc2C1(C)C.CC[N+](CC)=c1ccc2c(C=CC=C3N(CCCS(=O)(=O)OC)c4ccc(S(=O)(=O)OC)cc4C3(C)CCCC(=O)O)cc(C(C)(C)C)oc-2c1. The molecule has 21 nitrogen and oxygen atoms in total. The lowest BCUT2D eigenvalue weighted by Crippen LogP contribution is -2.30. The lowest BCUT2D eigenvalue weighted by molar-refractivity contribution is -0.438. The Labute approximate surface area is 617 Å². The zero-order chi connectivity index (χ0) is 77.1. The molecule has 104 heavy (non-hydrogen) atoms. The van der Waals surface area contributed by atoms with E-state index in [-0.39, 0.29) is 63.9 Å². The lowest BCUT2D eigenvalue weighted by Gasteiger charge is -2.30. The molecule has 0 spiro atoms. The molecule has 8 rings (SSSR count). The maximum atomic E-state index is 12.8. The highest BCUT2D eigenvalue weighted by molar-refractivity contribution is 7.87. The number of ether oxygens (including phenoxy) is 1. The predicted octanol–water partition coefficient (Wildman–Crippen LogP) is 14.7. The normalized spacial score (nSPS) is 17.3. The predicted molar refractivity (Wildman–Crippen MR) is 409 cm³/mol. The molecule has 5 aliphatic rings. The van der Waals surface area contributed by atoms with Crippen LogP contribution in [0.25, 0.3) is 23.0 Å². The van der Waals surface area contributed by atoms with E-state index in [0.717, 1.165) is 138 Å². The maximum absolute atomic E-state index is 12.8. The van der Waals surface area contributed by atoms with Crippen molar-refractivity contribution in [1.82, 2.24) is 4.58 Å². The van der Waals surface area contributed by atoms with Crippen LogP contribution in [0.2, 0.25) is 0 Å². The number of hydrogen-bond donors (Lipinski definition) is 2. The van der Waals surface area contributed by atoms with Gasteiger partial charge in [-0.3, -0.25) is 26.3 Å². The van der Waals surface area contributed by atoms with E-state index in [1.807, 2.05) is 48.3 Å². The Balaban J connectivity index is 0.000000291. The van der Waals surface area contributed by atoms with Crippen LogP contribution in [-0.2, 0) is 83.0 Å². The van der Waals surface area contributed by atoms with Crippen LogP contribution < -0.4 is 19.6 Å². The number of rotatable bonds is 32. The number of fused-ring (bicyclic) bond motifs is 4. The second-order valence-corrected chi connectivity index (χ2v) is 36.4. The van der Waals surface area contributed by atoms with Gasteiger partial charge in [0.1, 0.15) is 42.7 Å². The Morgan fingerprint density at radius 3 is 1.87 bits per heavy atom. The van der Waals surface area contributed by atoms with Crippen molar-refractivity contribution >= 4 is 81.1 Å². The topological polar surface area (TPSA) is 280 Å². The Morgan fingerprint density at radius 1 is 0.673 bits per heavy atom. The van der Waals surface area contributed by atoms with Gasteiger partial charge in [-0.2, -0.15) is 38.2 Å². The molecule has 0 bridgehead atoms. The summed E-state index contributed by atoms with van der Waals surface area (Å²) in [6, 6.07) is 22.4. The molecule has 2 unspecified atom stereocenters. The van der Waals surface area contributed by atoms with Crippen molar-refractivity contribution in [3.8, 4) is 17.1 Å². The van der Waals surface area contributed by atoms with Crippen molar-refractivity contribution < 1.29 is 83.9 Å². The molecule has 2 N–H and O–H groups in total. The molecule has 568 valence electrons. The van der Waals surface area contributed by atoms with Gasteiger partial charge in [0.25, 0.3) is 40.5 Å². The first-order valence-electron chi connectivity index (χ1n) is 35.5. The number of allylic oxidation sites excluding steroid dienone is 9. The number of carboxylic acids is 2. The van der Waals surface area contributed by atoms with Crippen LogP contribution in [-0.4, -0.2) is 132 Å². The van der Waals surface area contributed by atoms with E-state index in [1.54, 1.807) is 24.3 Å². The number of aryl methyl sites for hydroxylation is 1. The summed E-state index contributed by atoms with van der Waals surface area (Å²) in [5.41, 5.74) is 9.07. The fourth-order valence-corrected chi connectivity index (χ4v) is 16.5. The minimum atomic E-state index is -4.03. The third kappa shape index (κ3) is 20.2. The van der Waals surface area contributed by atoms with Gasteiger partial charge in [-0.05, 0) is 187 Å². The highest BCUT2D eigenvalue weighted by Crippen LogP contribution is 2.52. The van der Waals surface area contributed by atoms with E-state index in [0.29, 0.717) is 49.9 Å². The van der Waals surface area contributed by atoms with Crippen LogP contribution in [0.4, 0.5) is 11.4 Å². The number of nitrogens with zero attached hydrogens (tertiary/aromatic N) is 3. The summed E-state index contributed by atoms with van der Waals surface area (Å²) in [5.74, 6) is 1.36. The van der Waals surface area contributed by atoms with Gasteiger partial charge in [0.15, 0.2) is 5.71 Å². The monoisotopic (exact) mass is 1510 g/mol. The van der Waals surface area contributed by atoms with Gasteiger partial charge in [-0.15, -0.1) is 0 Å². The lowest BCUT2D eigenvalue weighted by atomic mass is 9.77. The molecule has 3 aromatic carbocycles. The van der Waals surface area contributed by atoms with Crippen LogP contribution >= 0.6 is 0 Å². The number of aliphatic carboxylic acids is 2. The van der Waals surface area contributed by atoms with Crippen molar-refractivity contribution in [3.05, 3.63) is 165 Å². The van der Waals surface area contributed by atoms with E-state index < -0.39 is 63.2 Å². The number of anilines is 1. The van der Waals surface area contributed by atoms with Crippen molar-refractivity contribution in [2.24, 2.45) is 5.41 Å². The van der Waals surface area contributed by atoms with Crippen molar-refractivity contribution in [2.45, 2.75) is 193 Å². The highest BCUT2D eigenvalue weighted by atomic mass is 32.2. The van der Waals surface area contributed by atoms with E-state index in [4.69, 9.17) is 22.6 Å². The minimum Gasteiger partial charge on any atom is -0.481 e. The van der Waals surface area contributed by atoms with Crippen LogP contribution in [0.3, 0.4) is 0 Å². The van der Waals surface area contributed by atoms with Gasteiger partial charge in [0.05, 0.1) is 61.2 Å². The molecule has 0 saturated carbocycles. The fraction of sp³-hybridized carbons (Fsp3) is 0.494. The van der Waals surface area contributed by atoms with Crippen LogP contribution in [0.15, 0.2) is 135 Å². The number of benzene rings is 4. The van der Waals surface area contributed by atoms with E-state index >= 15 is 0 Å². The first kappa shape index (κ1) is 83.9. The zero-order valence-corrected chi connectivity index (χ0v) is 66.7. The van der Waals surface area contributed by atoms with Crippen molar-refractivity contribution in [3.63, 3.8) is 0 Å². The van der Waals surface area contributed by atoms with Crippen LogP contribution in [0, 0.1) is 12.3 Å². The molecule has 4 heterocycles. The molecule has 0 aromatic heterocycles. The van der Waals surface area contributed by atoms with E-state index in [1.165, 1.54) is 13.2 Å².